The van der Waals surface area contributed by atoms with Crippen molar-refractivity contribution in [1.82, 2.24) is 5.32 Å². The highest BCUT2D eigenvalue weighted by molar-refractivity contribution is 6.42. The smallest absolute Gasteiger partial charge is 0.242 e. The zero-order valence-electron chi connectivity index (χ0n) is 10.8. The number of amides is 1. The van der Waals surface area contributed by atoms with Crippen LogP contribution in [0.1, 0.15) is 12.7 Å². The highest BCUT2D eigenvalue weighted by Gasteiger charge is 2.13. The third kappa shape index (κ3) is 3.92. The van der Waals surface area contributed by atoms with Crippen LogP contribution in [0, 0.1) is 0 Å². The zero-order chi connectivity index (χ0) is 14.5. The van der Waals surface area contributed by atoms with Gasteiger partial charge < -0.3 is 15.1 Å². The maximum Gasteiger partial charge on any atom is 0.242 e. The van der Waals surface area contributed by atoms with Crippen molar-refractivity contribution >= 4 is 34.8 Å². The molecule has 0 spiro atoms. The van der Waals surface area contributed by atoms with Gasteiger partial charge in [-0.05, 0) is 37.3 Å². The molecule has 4 nitrogen and oxygen atoms in total. The number of furan rings is 1. The minimum absolute atomic E-state index is 0.132. The van der Waals surface area contributed by atoms with Crippen LogP contribution in [0.25, 0.3) is 0 Å². The molecule has 1 aromatic heterocycles. The second-order valence-electron chi connectivity index (χ2n) is 4.29. The van der Waals surface area contributed by atoms with Gasteiger partial charge in [-0.25, -0.2) is 0 Å². The van der Waals surface area contributed by atoms with E-state index in [-0.39, 0.29) is 5.91 Å². The predicted molar refractivity (Wildman–Crippen MR) is 80.1 cm³/mol. The monoisotopic (exact) mass is 312 g/mol. The first-order valence-electron chi connectivity index (χ1n) is 6.08. The molecule has 1 heterocycles. The summed E-state index contributed by atoms with van der Waals surface area (Å²) in [5, 5.41) is 6.75. The minimum atomic E-state index is -0.401. The van der Waals surface area contributed by atoms with E-state index in [1.165, 1.54) is 0 Å². The van der Waals surface area contributed by atoms with Crippen molar-refractivity contribution in [3.8, 4) is 0 Å². The SMILES string of the molecule is CC(Nc1ccc(Cl)c(Cl)c1)C(=O)NCc1ccco1. The molecular formula is C14H14Cl2N2O2. The van der Waals surface area contributed by atoms with Crippen LogP contribution in [0.5, 0.6) is 0 Å². The fourth-order valence-electron chi connectivity index (χ4n) is 1.64. The summed E-state index contributed by atoms with van der Waals surface area (Å²) in [6.45, 7) is 2.12. The van der Waals surface area contributed by atoms with Gasteiger partial charge in [0.25, 0.3) is 0 Å². The Hall–Kier alpha value is -1.65. The van der Waals surface area contributed by atoms with Gasteiger partial charge in [-0.1, -0.05) is 23.2 Å². The standard InChI is InChI=1S/C14H14Cl2N2O2/c1-9(14(19)17-8-11-3-2-6-20-11)18-10-4-5-12(15)13(16)7-10/h2-7,9,18H,8H2,1H3,(H,17,19). The van der Waals surface area contributed by atoms with Crippen LogP contribution in [-0.4, -0.2) is 11.9 Å². The number of rotatable bonds is 5. The van der Waals surface area contributed by atoms with Gasteiger partial charge in [0.15, 0.2) is 0 Å². The van der Waals surface area contributed by atoms with Crippen molar-refractivity contribution in [1.29, 1.82) is 0 Å². The van der Waals surface area contributed by atoms with E-state index in [9.17, 15) is 4.79 Å². The summed E-state index contributed by atoms with van der Waals surface area (Å²) in [5.74, 6) is 0.576. The first-order valence-corrected chi connectivity index (χ1v) is 6.83. The quantitative estimate of drug-likeness (QED) is 0.885. The van der Waals surface area contributed by atoms with Gasteiger partial charge in [0, 0.05) is 5.69 Å². The molecule has 1 amide bonds. The zero-order valence-corrected chi connectivity index (χ0v) is 12.3. The lowest BCUT2D eigenvalue weighted by atomic mass is 10.2. The summed E-state index contributed by atoms with van der Waals surface area (Å²) < 4.78 is 5.14. The first kappa shape index (κ1) is 14.8. The summed E-state index contributed by atoms with van der Waals surface area (Å²) in [7, 11) is 0. The van der Waals surface area contributed by atoms with Gasteiger partial charge in [-0.3, -0.25) is 4.79 Å². The van der Waals surface area contributed by atoms with Crippen LogP contribution in [0.4, 0.5) is 5.69 Å². The fourth-order valence-corrected chi connectivity index (χ4v) is 1.94. The number of hydrogen-bond acceptors (Lipinski definition) is 3. The number of carbonyl (C=O) groups is 1. The highest BCUT2D eigenvalue weighted by Crippen LogP contribution is 2.25. The molecule has 0 radical (unpaired) electrons. The van der Waals surface area contributed by atoms with E-state index in [2.05, 4.69) is 10.6 Å². The normalized spacial score (nSPS) is 11.9. The van der Waals surface area contributed by atoms with Crippen molar-refractivity contribution in [3.05, 3.63) is 52.4 Å². The van der Waals surface area contributed by atoms with Crippen LogP contribution < -0.4 is 10.6 Å². The molecule has 0 aliphatic heterocycles. The highest BCUT2D eigenvalue weighted by atomic mass is 35.5. The van der Waals surface area contributed by atoms with Crippen molar-refractivity contribution in [3.63, 3.8) is 0 Å². The Balaban J connectivity index is 1.88. The van der Waals surface area contributed by atoms with E-state index < -0.39 is 6.04 Å². The van der Waals surface area contributed by atoms with E-state index in [1.807, 2.05) is 0 Å². The maximum absolute atomic E-state index is 11.9. The van der Waals surface area contributed by atoms with E-state index in [1.54, 1.807) is 43.5 Å². The second-order valence-corrected chi connectivity index (χ2v) is 5.11. The van der Waals surface area contributed by atoms with Crippen LogP contribution in [0.2, 0.25) is 10.0 Å². The summed E-state index contributed by atoms with van der Waals surface area (Å²) in [5.41, 5.74) is 0.736. The molecule has 0 aliphatic rings. The molecule has 0 bridgehead atoms. The Labute approximate surface area is 127 Å². The van der Waals surface area contributed by atoms with Gasteiger partial charge >= 0.3 is 0 Å². The lowest BCUT2D eigenvalue weighted by Gasteiger charge is -2.15. The van der Waals surface area contributed by atoms with E-state index in [4.69, 9.17) is 27.6 Å². The molecule has 1 unspecified atom stereocenters. The molecule has 106 valence electrons. The number of benzene rings is 1. The average molecular weight is 313 g/mol. The molecule has 1 atom stereocenters. The number of carbonyl (C=O) groups excluding carboxylic acids is 1. The summed E-state index contributed by atoms with van der Waals surface area (Å²) >= 11 is 11.8. The molecular weight excluding hydrogens is 299 g/mol. The molecule has 2 rings (SSSR count). The van der Waals surface area contributed by atoms with E-state index >= 15 is 0 Å². The Morgan fingerprint density at radius 3 is 2.75 bits per heavy atom. The topological polar surface area (TPSA) is 54.3 Å². The summed E-state index contributed by atoms with van der Waals surface area (Å²) in [6, 6.07) is 8.31. The van der Waals surface area contributed by atoms with E-state index in [0.29, 0.717) is 22.4 Å². The van der Waals surface area contributed by atoms with Gasteiger partial charge in [-0.15, -0.1) is 0 Å². The second kappa shape index (κ2) is 6.68. The molecule has 0 saturated carbocycles. The summed E-state index contributed by atoms with van der Waals surface area (Å²) in [6.07, 6.45) is 1.57. The Morgan fingerprint density at radius 2 is 2.10 bits per heavy atom. The molecule has 20 heavy (non-hydrogen) atoms. The third-order valence-corrected chi connectivity index (χ3v) is 3.45. The van der Waals surface area contributed by atoms with Crippen LogP contribution >= 0.6 is 23.2 Å². The van der Waals surface area contributed by atoms with E-state index in [0.717, 1.165) is 5.69 Å². The van der Waals surface area contributed by atoms with Gasteiger partial charge in [0.1, 0.15) is 11.8 Å². The third-order valence-electron chi connectivity index (χ3n) is 2.71. The maximum atomic E-state index is 11.9. The van der Waals surface area contributed by atoms with Gasteiger partial charge in [0.2, 0.25) is 5.91 Å². The average Bonchev–Trinajstić information content (AvgIpc) is 2.93. The lowest BCUT2D eigenvalue weighted by Crippen LogP contribution is -2.37. The molecule has 2 aromatic rings. The number of anilines is 1. The van der Waals surface area contributed by atoms with Gasteiger partial charge in [0.05, 0.1) is 22.9 Å². The van der Waals surface area contributed by atoms with Crippen LogP contribution in [0.15, 0.2) is 41.0 Å². The molecule has 6 heteroatoms. The molecule has 0 aliphatic carbocycles. The minimum Gasteiger partial charge on any atom is -0.467 e. The Kier molecular flexibility index (Phi) is 4.93. The number of nitrogens with one attached hydrogen (secondary N) is 2. The lowest BCUT2D eigenvalue weighted by molar-refractivity contribution is -0.121. The number of halogens is 2. The first-order chi connectivity index (χ1) is 9.56. The Bertz CT molecular complexity index is 585. The molecule has 2 N–H and O–H groups in total. The molecule has 0 saturated heterocycles. The van der Waals surface area contributed by atoms with Crippen molar-refractivity contribution < 1.29 is 9.21 Å². The summed E-state index contributed by atoms with van der Waals surface area (Å²) in [4.78, 5) is 11.9. The van der Waals surface area contributed by atoms with Crippen molar-refractivity contribution in [2.45, 2.75) is 19.5 Å². The molecule has 1 aromatic carbocycles. The number of hydrogen-bond donors (Lipinski definition) is 2. The van der Waals surface area contributed by atoms with Crippen LogP contribution in [0.3, 0.4) is 0 Å². The fraction of sp³-hybridized carbons (Fsp3) is 0.214. The molecule has 0 fully saturated rings. The van der Waals surface area contributed by atoms with Gasteiger partial charge in [-0.2, -0.15) is 0 Å². The predicted octanol–water partition coefficient (Wildman–Crippen LogP) is 3.70. The Morgan fingerprint density at radius 1 is 1.30 bits per heavy atom. The largest absolute Gasteiger partial charge is 0.467 e. The van der Waals surface area contributed by atoms with Crippen molar-refractivity contribution in [2.24, 2.45) is 0 Å². The van der Waals surface area contributed by atoms with Crippen molar-refractivity contribution in [2.75, 3.05) is 5.32 Å². The van der Waals surface area contributed by atoms with Crippen LogP contribution in [-0.2, 0) is 11.3 Å².